The monoisotopic (exact) mass is 416 g/mol. The maximum absolute atomic E-state index is 8.70. The van der Waals surface area contributed by atoms with Gasteiger partial charge in [-0.2, -0.15) is 0 Å². The second-order valence-electron chi connectivity index (χ2n) is 7.84. The summed E-state index contributed by atoms with van der Waals surface area (Å²) in [5.41, 5.74) is 5.26. The lowest BCUT2D eigenvalue weighted by molar-refractivity contribution is 0.751. The first-order valence-corrected chi connectivity index (χ1v) is 11.2. The fourth-order valence-corrected chi connectivity index (χ4v) is 3.14. The molecule has 0 aromatic carbocycles. The van der Waals surface area contributed by atoms with Crippen LogP contribution in [0.1, 0.15) is 52.9 Å². The third-order valence-electron chi connectivity index (χ3n) is 5.14. The highest BCUT2D eigenvalue weighted by molar-refractivity contribution is 5.96. The number of rotatable bonds is 13. The Hall–Kier alpha value is -2.87. The third-order valence-corrected chi connectivity index (χ3v) is 5.14. The molecule has 0 spiro atoms. The van der Waals surface area contributed by atoms with Gasteiger partial charge in [-0.25, -0.2) is 0 Å². The van der Waals surface area contributed by atoms with Crippen LogP contribution in [0.15, 0.2) is 108 Å². The van der Waals surface area contributed by atoms with Gasteiger partial charge in [-0.05, 0) is 58.1 Å². The largest absolute Gasteiger partial charge is 0.384 e. The molecule has 0 aromatic rings. The fraction of sp³-hybridized carbons (Fsp3) is 0.345. The first kappa shape index (κ1) is 26.2. The Morgan fingerprint density at radius 1 is 1.23 bits per heavy atom. The summed E-state index contributed by atoms with van der Waals surface area (Å²) >= 11 is 0. The molecular weight excluding hydrogens is 376 g/mol. The normalized spacial score (nSPS) is 19.9. The van der Waals surface area contributed by atoms with Crippen molar-refractivity contribution in [2.75, 3.05) is 6.54 Å². The Balaban J connectivity index is 2.99. The third kappa shape index (κ3) is 11.8. The van der Waals surface area contributed by atoms with E-state index in [9.17, 15) is 0 Å². The summed E-state index contributed by atoms with van der Waals surface area (Å²) in [4.78, 5) is 0. The van der Waals surface area contributed by atoms with Gasteiger partial charge in [0.1, 0.15) is 0 Å². The van der Waals surface area contributed by atoms with Crippen LogP contribution in [0.25, 0.3) is 0 Å². The molecule has 0 saturated carbocycles. The summed E-state index contributed by atoms with van der Waals surface area (Å²) in [5, 5.41) is 12.3. The molecule has 0 aliphatic heterocycles. The molecule has 0 radical (unpaired) electrons. The van der Waals surface area contributed by atoms with Gasteiger partial charge in [0.2, 0.25) is 0 Å². The van der Waals surface area contributed by atoms with E-state index >= 15 is 0 Å². The van der Waals surface area contributed by atoms with Crippen LogP contribution in [0, 0.1) is 11.3 Å². The van der Waals surface area contributed by atoms with E-state index in [0.717, 1.165) is 43.5 Å². The van der Waals surface area contributed by atoms with Crippen molar-refractivity contribution in [3.05, 3.63) is 108 Å². The lowest BCUT2D eigenvalue weighted by Gasteiger charge is -2.16. The van der Waals surface area contributed by atoms with Crippen LogP contribution < -0.4 is 5.32 Å². The van der Waals surface area contributed by atoms with Crippen molar-refractivity contribution in [3.8, 4) is 0 Å². The minimum atomic E-state index is 0.0996. The van der Waals surface area contributed by atoms with E-state index in [1.54, 1.807) is 0 Å². The van der Waals surface area contributed by atoms with Crippen LogP contribution in [0.2, 0.25) is 0 Å². The van der Waals surface area contributed by atoms with Crippen molar-refractivity contribution in [2.45, 2.75) is 52.9 Å². The molecule has 1 rings (SSSR count). The summed E-state index contributed by atoms with van der Waals surface area (Å²) in [6.45, 7) is 15.0. The van der Waals surface area contributed by atoms with Crippen LogP contribution in [0.4, 0.5) is 0 Å². The molecule has 0 saturated heterocycles. The summed E-state index contributed by atoms with van der Waals surface area (Å²) in [5.74, 6) is 0.0996. The zero-order valence-electron chi connectivity index (χ0n) is 19.7. The number of hydrogen-bond acceptors (Lipinski definition) is 2. The van der Waals surface area contributed by atoms with Crippen LogP contribution in [0.5, 0.6) is 0 Å². The molecule has 1 aliphatic carbocycles. The van der Waals surface area contributed by atoms with Crippen molar-refractivity contribution in [1.29, 1.82) is 5.41 Å². The molecule has 2 N–H and O–H groups in total. The quantitative estimate of drug-likeness (QED) is 0.178. The van der Waals surface area contributed by atoms with Crippen molar-refractivity contribution < 1.29 is 0 Å². The maximum Gasteiger partial charge on any atom is 0.0399 e. The molecule has 2 nitrogen and oxygen atoms in total. The maximum atomic E-state index is 8.70. The van der Waals surface area contributed by atoms with E-state index in [-0.39, 0.29) is 5.92 Å². The average Bonchev–Trinajstić information content (AvgIpc) is 2.73. The van der Waals surface area contributed by atoms with Crippen LogP contribution in [-0.4, -0.2) is 12.3 Å². The van der Waals surface area contributed by atoms with E-state index in [1.807, 2.05) is 32.1 Å². The van der Waals surface area contributed by atoms with Gasteiger partial charge in [0.25, 0.3) is 0 Å². The minimum absolute atomic E-state index is 0.0996. The summed E-state index contributed by atoms with van der Waals surface area (Å²) in [6.07, 6.45) is 29.6. The smallest absolute Gasteiger partial charge is 0.0399 e. The van der Waals surface area contributed by atoms with Gasteiger partial charge in [-0.15, -0.1) is 6.58 Å². The number of allylic oxidation sites excluding steroid dienone is 14. The average molecular weight is 417 g/mol. The van der Waals surface area contributed by atoms with E-state index < -0.39 is 0 Å². The highest BCUT2D eigenvalue weighted by Crippen LogP contribution is 2.17. The Morgan fingerprint density at radius 2 is 2.00 bits per heavy atom. The predicted octanol–water partition coefficient (Wildman–Crippen LogP) is 7.94. The Morgan fingerprint density at radius 3 is 2.71 bits per heavy atom. The SMILES string of the molecule is C=CCCC(/C=C\C)C(=N)/C=C(/CC(=C)/C=C\C(C)=C/C)NC/C1=C/C/C=C\C=C/C1. The zero-order chi connectivity index (χ0) is 22.9. The molecule has 2 heteroatoms. The molecule has 0 aromatic heterocycles. The number of nitrogens with one attached hydrogen (secondary N) is 2. The van der Waals surface area contributed by atoms with E-state index in [0.29, 0.717) is 12.1 Å². The highest BCUT2D eigenvalue weighted by atomic mass is 14.9. The molecule has 0 amide bonds. The summed E-state index contributed by atoms with van der Waals surface area (Å²) in [6, 6.07) is 0. The standard InChI is InChI=1S/C29H40N2/c1-6-9-18-27(15-7-2)29(30)22-28(21-25(5)20-19-24(4)8-3)31-23-26-16-13-11-10-12-14-17-26/h6-8,10-13,15,17,19-20,22,27,30-31H,1,5,9,14,16,18,21,23H2,2-4H3/b12-10-,13-11-,15-7-,20-19-,24-8-,26-17+,28-22-,30-29?. The van der Waals surface area contributed by atoms with Gasteiger partial charge in [0.05, 0.1) is 0 Å². The van der Waals surface area contributed by atoms with Gasteiger partial charge in [0, 0.05) is 30.3 Å². The second-order valence-corrected chi connectivity index (χ2v) is 7.84. The van der Waals surface area contributed by atoms with Crippen molar-refractivity contribution in [3.63, 3.8) is 0 Å². The van der Waals surface area contributed by atoms with E-state index in [2.05, 4.69) is 80.1 Å². The Labute approximate surface area is 190 Å². The lowest BCUT2D eigenvalue weighted by atomic mass is 9.95. The molecule has 1 unspecified atom stereocenters. The Bertz CT molecular complexity index is 810. The first-order chi connectivity index (χ1) is 15.0. The molecule has 1 atom stereocenters. The summed E-state index contributed by atoms with van der Waals surface area (Å²) < 4.78 is 0. The molecule has 166 valence electrons. The van der Waals surface area contributed by atoms with Crippen molar-refractivity contribution in [2.24, 2.45) is 5.92 Å². The first-order valence-electron chi connectivity index (χ1n) is 11.2. The minimum Gasteiger partial charge on any atom is -0.384 e. The van der Waals surface area contributed by atoms with Gasteiger partial charge >= 0.3 is 0 Å². The predicted molar refractivity (Wildman–Crippen MR) is 139 cm³/mol. The fourth-order valence-electron chi connectivity index (χ4n) is 3.14. The molecule has 1 aliphatic rings. The second kappa shape index (κ2) is 15.9. The van der Waals surface area contributed by atoms with E-state index in [4.69, 9.17) is 5.41 Å². The number of hydrogen-bond donors (Lipinski definition) is 2. The molecule has 0 bridgehead atoms. The van der Waals surface area contributed by atoms with Gasteiger partial charge in [-0.3, -0.25) is 0 Å². The van der Waals surface area contributed by atoms with E-state index in [1.165, 1.54) is 11.1 Å². The van der Waals surface area contributed by atoms with Crippen LogP contribution >= 0.6 is 0 Å². The van der Waals surface area contributed by atoms with Crippen LogP contribution in [0.3, 0.4) is 0 Å². The topological polar surface area (TPSA) is 35.9 Å². The molecule has 31 heavy (non-hydrogen) atoms. The van der Waals surface area contributed by atoms with Crippen LogP contribution in [-0.2, 0) is 0 Å². The highest BCUT2D eigenvalue weighted by Gasteiger charge is 2.11. The van der Waals surface area contributed by atoms with Gasteiger partial charge in [0.15, 0.2) is 0 Å². The lowest BCUT2D eigenvalue weighted by Crippen LogP contribution is -2.20. The zero-order valence-corrected chi connectivity index (χ0v) is 19.7. The van der Waals surface area contributed by atoms with Crippen molar-refractivity contribution in [1.82, 2.24) is 5.32 Å². The van der Waals surface area contributed by atoms with Crippen molar-refractivity contribution >= 4 is 5.71 Å². The summed E-state index contributed by atoms with van der Waals surface area (Å²) in [7, 11) is 0. The molecular formula is C29H40N2. The van der Waals surface area contributed by atoms with Gasteiger partial charge < -0.3 is 10.7 Å². The molecule has 0 heterocycles. The Kier molecular flexibility index (Phi) is 13.4. The molecule has 0 fully saturated rings. The van der Waals surface area contributed by atoms with Gasteiger partial charge in [-0.1, -0.05) is 84.6 Å².